The fourth-order valence-electron chi connectivity index (χ4n) is 4.68. The second-order valence-corrected chi connectivity index (χ2v) is 7.65. The Hall–Kier alpha value is -1.26. The van der Waals surface area contributed by atoms with E-state index in [1.54, 1.807) is 14.2 Å². The molecule has 0 N–H and O–H groups in total. The van der Waals surface area contributed by atoms with E-state index in [1.807, 2.05) is 0 Å². The number of methoxy groups -OCH3 is 2. The fraction of sp³-hybridized carbons (Fsp3) is 0.684. The van der Waals surface area contributed by atoms with E-state index in [9.17, 15) is 0 Å². The van der Waals surface area contributed by atoms with Crippen molar-refractivity contribution in [3.05, 3.63) is 23.3 Å². The smallest absolute Gasteiger partial charge is 0.161 e. The first-order valence-corrected chi connectivity index (χ1v) is 8.73. The van der Waals surface area contributed by atoms with Crippen LogP contribution in [-0.2, 0) is 11.2 Å². The number of piperidine rings is 1. The van der Waals surface area contributed by atoms with Gasteiger partial charge >= 0.3 is 0 Å². The number of nitrogens with zero attached hydrogens (tertiary/aromatic N) is 1. The van der Waals surface area contributed by atoms with Gasteiger partial charge in [0, 0.05) is 19.1 Å². The van der Waals surface area contributed by atoms with Gasteiger partial charge in [-0.2, -0.15) is 0 Å². The Labute approximate surface area is 138 Å². The monoisotopic (exact) mass is 317 g/mol. The topological polar surface area (TPSA) is 34.2 Å². The Morgan fingerprint density at radius 2 is 2.00 bits per heavy atom. The van der Waals surface area contributed by atoms with E-state index >= 15 is 0 Å². The highest BCUT2D eigenvalue weighted by molar-refractivity contribution is 5.50. The molecule has 0 aromatic heterocycles. The Bertz CT molecular complexity index is 615. The van der Waals surface area contributed by atoms with E-state index in [2.05, 4.69) is 30.9 Å². The highest BCUT2D eigenvalue weighted by Gasteiger charge is 2.61. The number of ether oxygens (including phenoxy) is 3. The standard InChI is InChI=1S/C19H27NO3/c1-12(2)10-19-11-20-6-5-13-7-16(21-3)17(22-4)8-14(13)15(20)9-18(19)23-19/h7-8,12,15,18H,5-6,9-11H2,1-4H3/t15-,18-,19+/m1/s1. The lowest BCUT2D eigenvalue weighted by atomic mass is 9.81. The summed E-state index contributed by atoms with van der Waals surface area (Å²) in [6, 6.07) is 4.81. The summed E-state index contributed by atoms with van der Waals surface area (Å²) in [5.41, 5.74) is 2.95. The van der Waals surface area contributed by atoms with Gasteiger partial charge in [0.1, 0.15) is 5.60 Å². The Kier molecular flexibility index (Phi) is 3.58. The summed E-state index contributed by atoms with van der Waals surface area (Å²) in [6.07, 6.45) is 3.80. The number of benzene rings is 1. The molecule has 0 radical (unpaired) electrons. The van der Waals surface area contributed by atoms with Gasteiger partial charge in [-0.15, -0.1) is 0 Å². The number of fused-ring (bicyclic) bond motifs is 4. The van der Waals surface area contributed by atoms with E-state index in [-0.39, 0.29) is 5.60 Å². The molecule has 3 atom stereocenters. The Morgan fingerprint density at radius 3 is 2.70 bits per heavy atom. The largest absolute Gasteiger partial charge is 0.493 e. The predicted octanol–water partition coefficient (Wildman–Crippen LogP) is 3.19. The van der Waals surface area contributed by atoms with Crippen LogP contribution in [0.4, 0.5) is 0 Å². The molecule has 0 aliphatic carbocycles. The normalized spacial score (nSPS) is 32.0. The van der Waals surface area contributed by atoms with Gasteiger partial charge in [-0.05, 0) is 48.4 Å². The molecule has 4 rings (SSSR count). The Morgan fingerprint density at radius 1 is 1.26 bits per heavy atom. The highest BCUT2D eigenvalue weighted by Crippen LogP contribution is 2.54. The van der Waals surface area contributed by atoms with Gasteiger partial charge in [0.25, 0.3) is 0 Å². The Balaban J connectivity index is 1.62. The summed E-state index contributed by atoms with van der Waals surface area (Å²) in [5.74, 6) is 2.37. The molecule has 4 nitrogen and oxygen atoms in total. The first-order valence-electron chi connectivity index (χ1n) is 8.73. The maximum absolute atomic E-state index is 6.19. The molecular formula is C19H27NO3. The molecule has 4 heteroatoms. The van der Waals surface area contributed by atoms with Crippen molar-refractivity contribution in [2.24, 2.45) is 5.92 Å². The van der Waals surface area contributed by atoms with E-state index in [0.29, 0.717) is 18.1 Å². The minimum absolute atomic E-state index is 0.138. The van der Waals surface area contributed by atoms with E-state index in [4.69, 9.17) is 14.2 Å². The molecule has 2 saturated heterocycles. The van der Waals surface area contributed by atoms with Crippen LogP contribution in [0.5, 0.6) is 11.5 Å². The zero-order chi connectivity index (χ0) is 16.2. The number of hydrogen-bond acceptors (Lipinski definition) is 4. The zero-order valence-electron chi connectivity index (χ0n) is 14.6. The van der Waals surface area contributed by atoms with Crippen molar-refractivity contribution < 1.29 is 14.2 Å². The van der Waals surface area contributed by atoms with Crippen molar-refractivity contribution in [3.63, 3.8) is 0 Å². The van der Waals surface area contributed by atoms with Gasteiger partial charge in [-0.25, -0.2) is 0 Å². The molecule has 3 heterocycles. The average Bonchev–Trinajstić information content (AvgIpc) is 3.22. The van der Waals surface area contributed by atoms with Gasteiger partial charge in [0.05, 0.1) is 20.3 Å². The summed E-state index contributed by atoms with van der Waals surface area (Å²) in [5, 5.41) is 0. The first kappa shape index (κ1) is 15.3. The second kappa shape index (κ2) is 5.38. The number of rotatable bonds is 4. The van der Waals surface area contributed by atoms with Crippen molar-refractivity contribution in [2.45, 2.75) is 50.9 Å². The minimum atomic E-state index is 0.138. The van der Waals surface area contributed by atoms with Gasteiger partial charge in [-0.3, -0.25) is 4.90 Å². The molecule has 1 aromatic carbocycles. The van der Waals surface area contributed by atoms with E-state index in [1.165, 1.54) is 17.5 Å². The molecule has 3 aliphatic rings. The van der Waals surface area contributed by atoms with Crippen LogP contribution in [0.3, 0.4) is 0 Å². The second-order valence-electron chi connectivity index (χ2n) is 7.65. The van der Waals surface area contributed by atoms with E-state index < -0.39 is 0 Å². The van der Waals surface area contributed by atoms with Gasteiger partial charge in [0.15, 0.2) is 11.5 Å². The molecule has 0 spiro atoms. The van der Waals surface area contributed by atoms with Crippen LogP contribution in [0.1, 0.15) is 43.9 Å². The SMILES string of the molecule is COc1cc2c(cc1OC)[C@H]1C[C@H]3O[C@@]3(CC(C)C)CN1CC2. The summed E-state index contributed by atoms with van der Waals surface area (Å²) >= 11 is 0. The number of epoxide rings is 1. The summed E-state index contributed by atoms with van der Waals surface area (Å²) in [4.78, 5) is 2.63. The molecule has 23 heavy (non-hydrogen) atoms. The summed E-state index contributed by atoms with van der Waals surface area (Å²) in [7, 11) is 3.42. The van der Waals surface area contributed by atoms with Crippen molar-refractivity contribution in [1.82, 2.24) is 4.90 Å². The molecular weight excluding hydrogens is 290 g/mol. The predicted molar refractivity (Wildman–Crippen MR) is 89.2 cm³/mol. The molecule has 0 bridgehead atoms. The zero-order valence-corrected chi connectivity index (χ0v) is 14.6. The van der Waals surface area contributed by atoms with Crippen LogP contribution in [0.25, 0.3) is 0 Å². The molecule has 1 aromatic rings. The third-order valence-electron chi connectivity index (χ3n) is 5.68. The third-order valence-corrected chi connectivity index (χ3v) is 5.68. The van der Waals surface area contributed by atoms with Crippen LogP contribution in [0.2, 0.25) is 0 Å². The molecule has 0 amide bonds. The lowest BCUT2D eigenvalue weighted by Gasteiger charge is -2.42. The van der Waals surface area contributed by atoms with Crippen molar-refractivity contribution in [3.8, 4) is 11.5 Å². The highest BCUT2D eigenvalue weighted by atomic mass is 16.6. The van der Waals surface area contributed by atoms with E-state index in [0.717, 1.165) is 37.4 Å². The van der Waals surface area contributed by atoms with Crippen LogP contribution >= 0.6 is 0 Å². The maximum atomic E-state index is 6.19. The molecule has 126 valence electrons. The lowest BCUT2D eigenvalue weighted by molar-refractivity contribution is 0.112. The van der Waals surface area contributed by atoms with Crippen molar-refractivity contribution >= 4 is 0 Å². The summed E-state index contributed by atoms with van der Waals surface area (Å²) < 4.78 is 17.2. The summed E-state index contributed by atoms with van der Waals surface area (Å²) in [6.45, 7) is 6.78. The minimum Gasteiger partial charge on any atom is -0.493 e. The molecule has 0 unspecified atom stereocenters. The quantitative estimate of drug-likeness (QED) is 0.799. The lowest BCUT2D eigenvalue weighted by Crippen LogP contribution is -2.47. The molecule has 3 aliphatic heterocycles. The van der Waals surface area contributed by atoms with Crippen LogP contribution in [0, 0.1) is 5.92 Å². The average molecular weight is 317 g/mol. The van der Waals surface area contributed by atoms with Crippen molar-refractivity contribution in [2.75, 3.05) is 27.3 Å². The van der Waals surface area contributed by atoms with Crippen LogP contribution in [-0.4, -0.2) is 43.9 Å². The van der Waals surface area contributed by atoms with Crippen molar-refractivity contribution in [1.29, 1.82) is 0 Å². The van der Waals surface area contributed by atoms with Gasteiger partial charge < -0.3 is 14.2 Å². The first-order chi connectivity index (χ1) is 11.1. The third kappa shape index (κ3) is 2.43. The molecule has 2 fully saturated rings. The number of hydrogen-bond donors (Lipinski definition) is 0. The maximum Gasteiger partial charge on any atom is 0.161 e. The van der Waals surface area contributed by atoms with Gasteiger partial charge in [-0.1, -0.05) is 13.8 Å². The van der Waals surface area contributed by atoms with Crippen LogP contribution < -0.4 is 9.47 Å². The van der Waals surface area contributed by atoms with Crippen LogP contribution in [0.15, 0.2) is 12.1 Å². The van der Waals surface area contributed by atoms with Gasteiger partial charge in [0.2, 0.25) is 0 Å². The molecule has 0 saturated carbocycles. The fourth-order valence-corrected chi connectivity index (χ4v) is 4.68.